The molecular formula is C23H31N3O5. The molecule has 8 nitrogen and oxygen atoms in total. The van der Waals surface area contributed by atoms with Crippen molar-refractivity contribution in [3.05, 3.63) is 23.4 Å². The van der Waals surface area contributed by atoms with Crippen LogP contribution < -0.4 is 4.74 Å². The van der Waals surface area contributed by atoms with E-state index in [-0.39, 0.29) is 54.9 Å². The van der Waals surface area contributed by atoms with Crippen LogP contribution in [0.4, 0.5) is 0 Å². The molecule has 0 spiro atoms. The van der Waals surface area contributed by atoms with E-state index < -0.39 is 0 Å². The molecule has 3 rings (SSSR count). The molecule has 0 aromatic carbocycles. The van der Waals surface area contributed by atoms with Crippen LogP contribution in [-0.4, -0.2) is 84.3 Å². The van der Waals surface area contributed by atoms with E-state index in [4.69, 9.17) is 9.47 Å². The zero-order valence-electron chi connectivity index (χ0n) is 18.6. The molecular weight excluding hydrogens is 398 g/mol. The molecule has 1 aliphatic carbocycles. The van der Waals surface area contributed by atoms with Crippen LogP contribution in [0.3, 0.4) is 0 Å². The van der Waals surface area contributed by atoms with Gasteiger partial charge in [-0.1, -0.05) is 18.8 Å². The maximum absolute atomic E-state index is 13.3. The molecule has 168 valence electrons. The summed E-state index contributed by atoms with van der Waals surface area (Å²) in [5.41, 5.74) is 0.883. The van der Waals surface area contributed by atoms with Crippen LogP contribution in [0.25, 0.3) is 0 Å². The normalized spacial score (nSPS) is 21.7. The van der Waals surface area contributed by atoms with Crippen molar-refractivity contribution >= 4 is 11.8 Å². The predicted molar refractivity (Wildman–Crippen MR) is 115 cm³/mol. The Morgan fingerprint density at radius 2 is 2.23 bits per heavy atom. The number of hydrogen-bond acceptors (Lipinski definition) is 6. The van der Waals surface area contributed by atoms with E-state index >= 15 is 0 Å². The zero-order valence-corrected chi connectivity index (χ0v) is 18.6. The van der Waals surface area contributed by atoms with Gasteiger partial charge in [-0.3, -0.25) is 9.59 Å². The van der Waals surface area contributed by atoms with E-state index in [2.05, 4.69) is 16.8 Å². The summed E-state index contributed by atoms with van der Waals surface area (Å²) in [6.07, 6.45) is 3.11. The minimum Gasteiger partial charge on any atom is -0.472 e. The fourth-order valence-electron chi connectivity index (χ4n) is 3.60. The van der Waals surface area contributed by atoms with Gasteiger partial charge in [-0.15, -0.1) is 0 Å². The summed E-state index contributed by atoms with van der Waals surface area (Å²) < 4.78 is 11.1. The monoisotopic (exact) mass is 429 g/mol. The third kappa shape index (κ3) is 5.54. The highest BCUT2D eigenvalue weighted by Crippen LogP contribution is 2.32. The highest BCUT2D eigenvalue weighted by molar-refractivity contribution is 5.97. The van der Waals surface area contributed by atoms with Crippen molar-refractivity contribution in [1.82, 2.24) is 14.8 Å². The summed E-state index contributed by atoms with van der Waals surface area (Å²) in [6.45, 7) is 4.72. The Morgan fingerprint density at radius 3 is 2.87 bits per heavy atom. The van der Waals surface area contributed by atoms with E-state index in [0.717, 1.165) is 12.8 Å². The average molecular weight is 430 g/mol. The van der Waals surface area contributed by atoms with Gasteiger partial charge in [-0.05, 0) is 25.8 Å². The van der Waals surface area contributed by atoms with Crippen molar-refractivity contribution in [1.29, 1.82) is 0 Å². The average Bonchev–Trinajstić information content (AvgIpc) is 3.61. The zero-order chi connectivity index (χ0) is 22.5. The second-order valence-corrected chi connectivity index (χ2v) is 8.43. The Bertz CT molecular complexity index is 874. The molecule has 2 heterocycles. The van der Waals surface area contributed by atoms with Gasteiger partial charge in [0.15, 0.2) is 0 Å². The predicted octanol–water partition coefficient (Wildman–Crippen LogP) is 1.17. The number of amides is 2. The Kier molecular flexibility index (Phi) is 7.52. The number of methoxy groups -OCH3 is 1. The SMILES string of the molecule is COCC#Cc1cnc2c(c1)C(=O)N([C@@H](C)CO)C[C@@H](C)[C@@H](CN(C)C(=O)C1CC1)O2. The molecule has 2 aliphatic rings. The van der Waals surface area contributed by atoms with Gasteiger partial charge in [0.1, 0.15) is 18.3 Å². The second-order valence-electron chi connectivity index (χ2n) is 8.43. The van der Waals surface area contributed by atoms with E-state index in [9.17, 15) is 14.7 Å². The molecule has 31 heavy (non-hydrogen) atoms. The number of pyridine rings is 1. The quantitative estimate of drug-likeness (QED) is 0.683. The van der Waals surface area contributed by atoms with Crippen molar-refractivity contribution in [2.75, 3.05) is 40.5 Å². The Balaban J connectivity index is 1.93. The molecule has 0 unspecified atom stereocenters. The van der Waals surface area contributed by atoms with E-state index in [1.165, 1.54) is 0 Å². The molecule has 0 radical (unpaired) electrons. The second kappa shape index (κ2) is 10.1. The Hall–Kier alpha value is -2.63. The van der Waals surface area contributed by atoms with Gasteiger partial charge in [0.25, 0.3) is 5.91 Å². The molecule has 3 atom stereocenters. The van der Waals surface area contributed by atoms with Crippen LogP contribution in [-0.2, 0) is 9.53 Å². The third-order valence-electron chi connectivity index (χ3n) is 5.73. The van der Waals surface area contributed by atoms with Crippen LogP contribution in [0, 0.1) is 23.7 Å². The van der Waals surface area contributed by atoms with Crippen molar-refractivity contribution in [3.8, 4) is 17.7 Å². The van der Waals surface area contributed by atoms with Gasteiger partial charge >= 0.3 is 0 Å². The summed E-state index contributed by atoms with van der Waals surface area (Å²) in [4.78, 5) is 33.5. The Labute approximate surface area is 183 Å². The molecule has 2 amide bonds. The maximum Gasteiger partial charge on any atom is 0.259 e. The minimum absolute atomic E-state index is 0.0662. The first-order valence-corrected chi connectivity index (χ1v) is 10.7. The van der Waals surface area contributed by atoms with Gasteiger partial charge < -0.3 is 24.4 Å². The summed E-state index contributed by atoms with van der Waals surface area (Å²) in [6, 6.07) is 1.30. The molecule has 0 saturated heterocycles. The number of aliphatic hydroxyl groups excluding tert-OH is 1. The van der Waals surface area contributed by atoms with Crippen LogP contribution in [0.5, 0.6) is 5.88 Å². The summed E-state index contributed by atoms with van der Waals surface area (Å²) in [5.74, 6) is 5.94. The summed E-state index contributed by atoms with van der Waals surface area (Å²) >= 11 is 0. The Morgan fingerprint density at radius 1 is 1.48 bits per heavy atom. The summed E-state index contributed by atoms with van der Waals surface area (Å²) in [5, 5.41) is 9.72. The number of fused-ring (bicyclic) bond motifs is 1. The number of rotatable bonds is 6. The number of carbonyl (C=O) groups excluding carboxylic acids is 2. The van der Waals surface area contributed by atoms with Crippen molar-refractivity contribution in [2.24, 2.45) is 11.8 Å². The van der Waals surface area contributed by atoms with E-state index in [1.807, 2.05) is 6.92 Å². The lowest BCUT2D eigenvalue weighted by atomic mass is 9.99. The number of likely N-dealkylation sites (N-methyl/N-ethyl adjacent to an activating group) is 1. The van der Waals surface area contributed by atoms with Gasteiger partial charge in [0.2, 0.25) is 11.8 Å². The van der Waals surface area contributed by atoms with Gasteiger partial charge in [-0.25, -0.2) is 4.98 Å². The van der Waals surface area contributed by atoms with Gasteiger partial charge in [0.05, 0.1) is 19.2 Å². The molecule has 1 aliphatic heterocycles. The molecule has 1 N–H and O–H groups in total. The number of ether oxygens (including phenoxy) is 2. The first kappa shape index (κ1) is 23.0. The summed E-state index contributed by atoms with van der Waals surface area (Å²) in [7, 11) is 3.35. The largest absolute Gasteiger partial charge is 0.472 e. The van der Waals surface area contributed by atoms with Crippen molar-refractivity contribution < 1.29 is 24.2 Å². The van der Waals surface area contributed by atoms with Crippen molar-refractivity contribution in [3.63, 3.8) is 0 Å². The maximum atomic E-state index is 13.3. The van der Waals surface area contributed by atoms with E-state index in [0.29, 0.717) is 24.2 Å². The van der Waals surface area contributed by atoms with E-state index in [1.54, 1.807) is 43.1 Å². The van der Waals surface area contributed by atoms with Gasteiger partial charge in [-0.2, -0.15) is 0 Å². The lowest BCUT2D eigenvalue weighted by Crippen LogP contribution is -2.50. The number of carbonyl (C=O) groups is 2. The molecule has 8 heteroatoms. The molecule has 1 aromatic heterocycles. The lowest BCUT2D eigenvalue weighted by molar-refractivity contribution is -0.132. The van der Waals surface area contributed by atoms with Crippen LogP contribution in [0.1, 0.15) is 42.6 Å². The van der Waals surface area contributed by atoms with Gasteiger partial charge in [0, 0.05) is 44.3 Å². The highest BCUT2D eigenvalue weighted by atomic mass is 16.5. The minimum atomic E-state index is -0.365. The van der Waals surface area contributed by atoms with Crippen LogP contribution in [0.15, 0.2) is 12.3 Å². The molecule has 1 fully saturated rings. The fourth-order valence-corrected chi connectivity index (χ4v) is 3.60. The first-order chi connectivity index (χ1) is 14.8. The molecule has 0 bridgehead atoms. The van der Waals surface area contributed by atoms with Crippen LogP contribution >= 0.6 is 0 Å². The standard InChI is InChI=1S/C23H31N3O5/c1-15-12-26(16(2)14-27)23(29)19-10-17(6-5-9-30-4)11-24-21(19)31-20(15)13-25(3)22(28)18-7-8-18/h10-11,15-16,18,20,27H,7-9,12-14H2,1-4H3/t15-,16+,20-/m1/s1. The number of hydrogen-bond donors (Lipinski definition) is 1. The first-order valence-electron chi connectivity index (χ1n) is 10.7. The molecule has 1 saturated carbocycles. The number of nitrogens with zero attached hydrogens (tertiary/aromatic N) is 3. The topological polar surface area (TPSA) is 92.2 Å². The van der Waals surface area contributed by atoms with Crippen LogP contribution in [0.2, 0.25) is 0 Å². The number of aliphatic hydroxyl groups is 1. The smallest absolute Gasteiger partial charge is 0.259 e. The van der Waals surface area contributed by atoms with Crippen molar-refractivity contribution in [2.45, 2.75) is 38.8 Å². The third-order valence-corrected chi connectivity index (χ3v) is 5.73. The fraction of sp³-hybridized carbons (Fsp3) is 0.609. The molecule has 1 aromatic rings. The lowest BCUT2D eigenvalue weighted by Gasteiger charge is -2.37. The highest BCUT2D eigenvalue weighted by Gasteiger charge is 2.37. The number of aromatic nitrogens is 1.